The van der Waals surface area contributed by atoms with E-state index in [9.17, 15) is 24.9 Å². The Morgan fingerprint density at radius 3 is 2.69 bits per heavy atom. The third kappa shape index (κ3) is 1.94. The van der Waals surface area contributed by atoms with Gasteiger partial charge in [-0.3, -0.25) is 9.59 Å². The summed E-state index contributed by atoms with van der Waals surface area (Å²) in [4.78, 5) is 25.0. The third-order valence-corrected chi connectivity index (χ3v) is 9.21. The summed E-state index contributed by atoms with van der Waals surface area (Å²) in [5.74, 6) is -4.02. The highest BCUT2D eigenvalue weighted by Crippen LogP contribution is 2.76. The van der Waals surface area contributed by atoms with Gasteiger partial charge in [0.25, 0.3) is 0 Å². The van der Waals surface area contributed by atoms with Crippen LogP contribution in [0.4, 0.5) is 0 Å². The van der Waals surface area contributed by atoms with E-state index >= 15 is 0 Å². The fourth-order valence-corrected chi connectivity index (χ4v) is 8.24. The highest BCUT2D eigenvalue weighted by molar-refractivity contribution is 6.05. The Morgan fingerprint density at radius 2 is 2.00 bits per heavy atom. The van der Waals surface area contributed by atoms with Crippen molar-refractivity contribution in [2.75, 3.05) is 13.2 Å². The molecule has 2 heterocycles. The third-order valence-electron chi connectivity index (χ3n) is 9.21. The fraction of sp³-hybridized carbons (Fsp3) is 0.818. The summed E-state index contributed by atoms with van der Waals surface area (Å²) in [7, 11) is 0. The van der Waals surface area contributed by atoms with E-state index in [0.717, 1.165) is 19.3 Å². The van der Waals surface area contributed by atoms with Gasteiger partial charge in [0, 0.05) is 29.6 Å². The van der Waals surface area contributed by atoms with Crippen molar-refractivity contribution in [2.45, 2.75) is 63.9 Å². The van der Waals surface area contributed by atoms with Crippen LogP contribution in [-0.4, -0.2) is 58.3 Å². The number of Topliss-reactive ketones (excluding diaryl/α,β-unsaturated/α-hetero) is 1. The lowest BCUT2D eigenvalue weighted by Gasteiger charge is -2.74. The second kappa shape index (κ2) is 5.69. The lowest BCUT2D eigenvalue weighted by atomic mass is 9.36. The number of rotatable bonds is 2. The summed E-state index contributed by atoms with van der Waals surface area (Å²) in [6, 6.07) is 0. The molecule has 2 spiro atoms. The molecule has 7 nitrogen and oxygen atoms in total. The molecule has 0 aromatic heterocycles. The Balaban J connectivity index is 1.68. The fourth-order valence-electron chi connectivity index (χ4n) is 8.24. The summed E-state index contributed by atoms with van der Waals surface area (Å²) in [5, 5.41) is 34.5. The number of carbonyl (C=O) groups is 2. The molecule has 7 heteroatoms. The Kier molecular flexibility index (Phi) is 3.86. The van der Waals surface area contributed by atoms with Crippen LogP contribution in [0.25, 0.3) is 0 Å². The Hall–Kier alpha value is -1.28. The van der Waals surface area contributed by atoms with Crippen LogP contribution in [0.5, 0.6) is 0 Å². The normalized spacial score (nSPS) is 55.4. The van der Waals surface area contributed by atoms with E-state index < -0.39 is 46.1 Å². The number of carbonyl (C=O) groups excluding carboxylic acids is 2. The van der Waals surface area contributed by atoms with Crippen molar-refractivity contribution in [3.63, 3.8) is 0 Å². The van der Waals surface area contributed by atoms with E-state index in [1.807, 2.05) is 6.92 Å². The largest absolute Gasteiger partial charge is 0.465 e. The first-order valence-electron chi connectivity index (χ1n) is 10.7. The molecule has 2 aliphatic heterocycles. The first kappa shape index (κ1) is 19.7. The lowest BCUT2D eigenvalue weighted by molar-refractivity contribution is -0.450. The minimum atomic E-state index is -2.17. The molecule has 2 saturated heterocycles. The average molecular weight is 406 g/mol. The topological polar surface area (TPSA) is 113 Å². The zero-order valence-corrected chi connectivity index (χ0v) is 17.0. The SMILES string of the molecule is C=C1C(=O)[C@]23[C@H](O)[C@H]1CC[C@H]2[C@]12CCC[C@@](C)(COC(C)=O)[C@H]1[C@H](O)[C@]3(O)OC2. The molecule has 4 saturated carbocycles. The molecule has 6 aliphatic rings. The monoisotopic (exact) mass is 406 g/mol. The number of esters is 1. The molecule has 0 aromatic carbocycles. The summed E-state index contributed by atoms with van der Waals surface area (Å²) in [5.41, 5.74) is -2.35. The molecule has 3 N–H and O–H groups in total. The molecule has 0 aromatic rings. The van der Waals surface area contributed by atoms with Crippen molar-refractivity contribution >= 4 is 11.8 Å². The number of hydrogen-bond donors (Lipinski definition) is 3. The minimum absolute atomic E-state index is 0.146. The lowest BCUT2D eigenvalue weighted by Crippen LogP contribution is -2.84. The predicted molar refractivity (Wildman–Crippen MR) is 100 cm³/mol. The molecule has 4 bridgehead atoms. The van der Waals surface area contributed by atoms with Gasteiger partial charge in [-0.1, -0.05) is 19.9 Å². The second-order valence-electron chi connectivity index (χ2n) is 10.3. The van der Waals surface area contributed by atoms with E-state index in [4.69, 9.17) is 9.47 Å². The molecule has 0 unspecified atom stereocenters. The molecule has 0 amide bonds. The zero-order chi connectivity index (χ0) is 21.0. The van der Waals surface area contributed by atoms with Gasteiger partial charge in [-0.15, -0.1) is 0 Å². The molecule has 9 atom stereocenters. The van der Waals surface area contributed by atoms with Crippen molar-refractivity contribution in [2.24, 2.45) is 34.0 Å². The standard InChI is InChI=1S/C22H30O7/c1-11-13-5-6-14-20-8-4-7-19(3,9-28-12(2)23)15(20)18(26)22(27,29-10-20)21(14,16(11)24)17(13)25/h13-15,17-18,25-27H,1,4-10H2,2-3H3/t13-,14-,15+,17+,18-,19-,20+,21-,22-/m0/s1. The maximum absolute atomic E-state index is 13.5. The van der Waals surface area contributed by atoms with E-state index in [1.165, 1.54) is 6.92 Å². The minimum Gasteiger partial charge on any atom is -0.465 e. The number of hydrogen-bond acceptors (Lipinski definition) is 7. The van der Waals surface area contributed by atoms with Gasteiger partial charge in [-0.05, 0) is 37.2 Å². The van der Waals surface area contributed by atoms with Crippen molar-refractivity contribution in [3.8, 4) is 0 Å². The van der Waals surface area contributed by atoms with Crippen molar-refractivity contribution in [1.29, 1.82) is 0 Å². The van der Waals surface area contributed by atoms with E-state index in [1.54, 1.807) is 0 Å². The van der Waals surface area contributed by atoms with E-state index in [0.29, 0.717) is 18.4 Å². The van der Waals surface area contributed by atoms with Gasteiger partial charge in [0.1, 0.15) is 11.5 Å². The summed E-state index contributed by atoms with van der Waals surface area (Å²) >= 11 is 0. The predicted octanol–water partition coefficient (Wildman–Crippen LogP) is 0.948. The van der Waals surface area contributed by atoms with Crippen molar-refractivity contribution in [1.82, 2.24) is 0 Å². The second-order valence-corrected chi connectivity index (χ2v) is 10.3. The van der Waals surface area contributed by atoms with Gasteiger partial charge in [0.05, 0.1) is 19.3 Å². The number of aliphatic hydroxyl groups is 3. The Bertz CT molecular complexity index is 809. The van der Waals surface area contributed by atoms with Crippen LogP contribution in [0.15, 0.2) is 12.2 Å². The summed E-state index contributed by atoms with van der Waals surface area (Å²) < 4.78 is 11.3. The molecule has 4 aliphatic carbocycles. The first-order chi connectivity index (χ1) is 13.6. The van der Waals surface area contributed by atoms with Gasteiger partial charge in [-0.25, -0.2) is 0 Å². The van der Waals surface area contributed by atoms with Crippen LogP contribution in [0.1, 0.15) is 46.0 Å². The molecule has 0 radical (unpaired) electrons. The van der Waals surface area contributed by atoms with Gasteiger partial charge in [0.2, 0.25) is 5.79 Å². The van der Waals surface area contributed by atoms with Crippen LogP contribution >= 0.6 is 0 Å². The van der Waals surface area contributed by atoms with Gasteiger partial charge in [-0.2, -0.15) is 0 Å². The van der Waals surface area contributed by atoms with Crippen LogP contribution in [0.3, 0.4) is 0 Å². The molecule has 6 rings (SSSR count). The number of ketones is 1. The summed E-state index contributed by atoms with van der Waals surface area (Å²) in [6.45, 7) is 7.63. The average Bonchev–Trinajstić information content (AvgIpc) is 2.77. The molecular formula is C22H30O7. The first-order valence-corrected chi connectivity index (χ1v) is 10.7. The molecule has 6 fully saturated rings. The van der Waals surface area contributed by atoms with Gasteiger partial charge < -0.3 is 24.8 Å². The van der Waals surface area contributed by atoms with Crippen molar-refractivity contribution in [3.05, 3.63) is 12.2 Å². The van der Waals surface area contributed by atoms with Crippen LogP contribution in [0, 0.1) is 34.0 Å². The smallest absolute Gasteiger partial charge is 0.302 e. The maximum atomic E-state index is 13.5. The highest BCUT2D eigenvalue weighted by atomic mass is 16.6. The van der Waals surface area contributed by atoms with Crippen LogP contribution in [-0.2, 0) is 19.1 Å². The Morgan fingerprint density at radius 1 is 1.28 bits per heavy atom. The number of fused-ring (bicyclic) bond motifs is 2. The number of ether oxygens (including phenoxy) is 2. The van der Waals surface area contributed by atoms with Crippen LogP contribution in [0.2, 0.25) is 0 Å². The molecule has 29 heavy (non-hydrogen) atoms. The van der Waals surface area contributed by atoms with Gasteiger partial charge >= 0.3 is 5.97 Å². The maximum Gasteiger partial charge on any atom is 0.302 e. The quantitative estimate of drug-likeness (QED) is 0.462. The summed E-state index contributed by atoms with van der Waals surface area (Å²) in [6.07, 6.45) is 1.15. The van der Waals surface area contributed by atoms with Crippen molar-refractivity contribution < 1.29 is 34.4 Å². The zero-order valence-electron chi connectivity index (χ0n) is 17.0. The highest BCUT2D eigenvalue weighted by Gasteiger charge is 2.85. The number of aliphatic hydroxyl groups excluding tert-OH is 2. The Labute approximate surface area is 170 Å². The molecular weight excluding hydrogens is 376 g/mol. The van der Waals surface area contributed by atoms with Crippen LogP contribution < -0.4 is 0 Å². The van der Waals surface area contributed by atoms with Gasteiger partial charge in [0.15, 0.2) is 5.78 Å². The van der Waals surface area contributed by atoms with E-state index in [2.05, 4.69) is 6.58 Å². The molecule has 160 valence electrons. The van der Waals surface area contributed by atoms with E-state index in [-0.39, 0.29) is 30.9 Å².